The summed E-state index contributed by atoms with van der Waals surface area (Å²) in [6.45, 7) is 0. The summed E-state index contributed by atoms with van der Waals surface area (Å²) in [5.74, 6) is 0.919. The molecule has 128 valence electrons. The third-order valence-corrected chi connectivity index (χ3v) is 4.21. The van der Waals surface area contributed by atoms with Gasteiger partial charge in [-0.1, -0.05) is 28.9 Å². The van der Waals surface area contributed by atoms with Crippen LogP contribution >= 0.6 is 11.6 Å². The van der Waals surface area contributed by atoms with Crippen molar-refractivity contribution in [2.45, 2.75) is 0 Å². The van der Waals surface area contributed by atoms with E-state index in [9.17, 15) is 10.5 Å². The van der Waals surface area contributed by atoms with Gasteiger partial charge in [0.15, 0.2) is 5.75 Å². The van der Waals surface area contributed by atoms with Gasteiger partial charge in [-0.3, -0.25) is 0 Å². The lowest BCUT2D eigenvalue weighted by Gasteiger charge is -2.13. The first kappa shape index (κ1) is 16.6. The molecule has 4 aromatic rings. The van der Waals surface area contributed by atoms with Gasteiger partial charge in [0.1, 0.15) is 29.1 Å². The van der Waals surface area contributed by atoms with E-state index in [2.05, 4.69) is 10.3 Å². The Kier molecular flexibility index (Phi) is 4.18. The molecule has 1 aromatic heterocycles. The van der Waals surface area contributed by atoms with Gasteiger partial charge in [-0.25, -0.2) is 4.68 Å². The van der Waals surface area contributed by atoms with Gasteiger partial charge in [0.05, 0.1) is 16.6 Å². The number of rotatable bonds is 3. The lowest BCUT2D eigenvalue weighted by molar-refractivity contribution is 0.478. The van der Waals surface area contributed by atoms with Crippen molar-refractivity contribution in [3.63, 3.8) is 0 Å². The lowest BCUT2D eigenvalue weighted by Crippen LogP contribution is -2.02. The van der Waals surface area contributed by atoms with Gasteiger partial charge in [0, 0.05) is 11.1 Å². The monoisotopic (exact) mass is 371 g/mol. The van der Waals surface area contributed by atoms with E-state index < -0.39 is 0 Å². The van der Waals surface area contributed by atoms with Crippen LogP contribution in [0.4, 0.5) is 0 Å². The molecule has 0 N–H and O–H groups in total. The molecule has 1 heterocycles. The molecule has 0 saturated carbocycles. The first-order valence-corrected chi connectivity index (χ1v) is 8.30. The number of nitrogens with zero attached hydrogens (tertiary/aromatic N) is 5. The standard InChI is InChI=1S/C20H10ClN5O/c21-15-5-7-16(8-6-15)27-20-10-14(12-23)13(11-22)9-19(20)26-18-4-2-1-3-17(18)24-25-26/h1-10H. The van der Waals surface area contributed by atoms with Crippen LogP contribution < -0.4 is 4.74 Å². The van der Waals surface area contributed by atoms with Crippen LogP contribution in [0.1, 0.15) is 11.1 Å². The van der Waals surface area contributed by atoms with Crippen LogP contribution in [-0.2, 0) is 0 Å². The summed E-state index contributed by atoms with van der Waals surface area (Å²) >= 11 is 5.92. The maximum absolute atomic E-state index is 9.39. The maximum atomic E-state index is 9.39. The normalized spacial score (nSPS) is 10.3. The van der Waals surface area contributed by atoms with E-state index in [1.807, 2.05) is 36.4 Å². The molecule has 0 spiro atoms. The number of para-hydroxylation sites is 1. The molecule has 0 bridgehead atoms. The highest BCUT2D eigenvalue weighted by atomic mass is 35.5. The lowest BCUT2D eigenvalue weighted by atomic mass is 10.1. The average molecular weight is 372 g/mol. The van der Waals surface area contributed by atoms with E-state index in [0.29, 0.717) is 27.7 Å². The zero-order chi connectivity index (χ0) is 18.8. The van der Waals surface area contributed by atoms with E-state index in [1.165, 1.54) is 6.07 Å². The van der Waals surface area contributed by atoms with Gasteiger partial charge in [-0.15, -0.1) is 5.10 Å². The Bertz CT molecular complexity index is 1230. The zero-order valence-electron chi connectivity index (χ0n) is 13.8. The van der Waals surface area contributed by atoms with E-state index in [0.717, 1.165) is 5.52 Å². The summed E-state index contributed by atoms with van der Waals surface area (Å²) in [6.07, 6.45) is 0. The summed E-state index contributed by atoms with van der Waals surface area (Å²) in [6, 6.07) is 21.5. The molecule has 0 aliphatic heterocycles. The Balaban J connectivity index is 1.92. The molecule has 4 rings (SSSR count). The minimum absolute atomic E-state index is 0.217. The fourth-order valence-electron chi connectivity index (χ4n) is 2.68. The molecule has 0 saturated heterocycles. The molecule has 0 fully saturated rings. The van der Waals surface area contributed by atoms with Crippen LogP contribution in [0, 0.1) is 22.7 Å². The van der Waals surface area contributed by atoms with Crippen molar-refractivity contribution in [2.24, 2.45) is 0 Å². The highest BCUT2D eigenvalue weighted by Gasteiger charge is 2.16. The summed E-state index contributed by atoms with van der Waals surface area (Å²) in [5, 5.41) is 27.7. The number of fused-ring (bicyclic) bond motifs is 1. The van der Waals surface area contributed by atoms with Crippen LogP contribution in [0.15, 0.2) is 60.7 Å². The van der Waals surface area contributed by atoms with Gasteiger partial charge in [-0.05, 0) is 42.5 Å². The second-order valence-corrected chi connectivity index (χ2v) is 6.07. The molecule has 0 amide bonds. The molecule has 0 aliphatic rings. The molecule has 0 atom stereocenters. The predicted octanol–water partition coefficient (Wildman–Crippen LogP) is 4.61. The largest absolute Gasteiger partial charge is 0.455 e. The third-order valence-electron chi connectivity index (χ3n) is 3.96. The van der Waals surface area contributed by atoms with Crippen molar-refractivity contribution < 1.29 is 4.74 Å². The molecule has 0 unspecified atom stereocenters. The Hall–Kier alpha value is -3.87. The van der Waals surface area contributed by atoms with Crippen LogP contribution in [0.3, 0.4) is 0 Å². The Labute approximate surface area is 159 Å². The highest BCUT2D eigenvalue weighted by molar-refractivity contribution is 6.30. The minimum Gasteiger partial charge on any atom is -0.455 e. The molecule has 7 heteroatoms. The molecule has 0 radical (unpaired) electrons. The maximum Gasteiger partial charge on any atom is 0.154 e. The SMILES string of the molecule is N#Cc1cc(Oc2ccc(Cl)cc2)c(-n2nnc3ccccc32)cc1C#N. The van der Waals surface area contributed by atoms with Crippen molar-refractivity contribution in [2.75, 3.05) is 0 Å². The Morgan fingerprint density at radius 2 is 1.63 bits per heavy atom. The smallest absolute Gasteiger partial charge is 0.154 e. The van der Waals surface area contributed by atoms with E-state index in [1.54, 1.807) is 35.0 Å². The predicted molar refractivity (Wildman–Crippen MR) is 99.8 cm³/mol. The van der Waals surface area contributed by atoms with Crippen molar-refractivity contribution in [1.82, 2.24) is 15.0 Å². The molecule has 3 aromatic carbocycles. The minimum atomic E-state index is 0.217. The molecular weight excluding hydrogens is 362 g/mol. The summed E-state index contributed by atoms with van der Waals surface area (Å²) in [4.78, 5) is 0. The number of aromatic nitrogens is 3. The Morgan fingerprint density at radius 1 is 0.926 bits per heavy atom. The number of hydrogen-bond donors (Lipinski definition) is 0. The van der Waals surface area contributed by atoms with Crippen LogP contribution in [0.25, 0.3) is 16.7 Å². The van der Waals surface area contributed by atoms with Crippen molar-refractivity contribution in [1.29, 1.82) is 10.5 Å². The van der Waals surface area contributed by atoms with Gasteiger partial charge < -0.3 is 4.74 Å². The zero-order valence-corrected chi connectivity index (χ0v) is 14.6. The molecule has 27 heavy (non-hydrogen) atoms. The first-order chi connectivity index (χ1) is 13.2. The van der Waals surface area contributed by atoms with Gasteiger partial charge >= 0.3 is 0 Å². The number of halogens is 1. The van der Waals surface area contributed by atoms with Crippen LogP contribution in [-0.4, -0.2) is 15.0 Å². The molecule has 6 nitrogen and oxygen atoms in total. The summed E-state index contributed by atoms with van der Waals surface area (Å²) < 4.78 is 7.56. The van der Waals surface area contributed by atoms with Crippen LogP contribution in [0.2, 0.25) is 5.02 Å². The number of nitriles is 2. The van der Waals surface area contributed by atoms with Crippen LogP contribution in [0.5, 0.6) is 11.5 Å². The first-order valence-electron chi connectivity index (χ1n) is 7.92. The van der Waals surface area contributed by atoms with Crippen molar-refractivity contribution >= 4 is 22.6 Å². The number of ether oxygens (including phenoxy) is 1. The second kappa shape index (κ2) is 6.80. The second-order valence-electron chi connectivity index (χ2n) is 5.64. The van der Waals surface area contributed by atoms with Gasteiger partial charge in [0.25, 0.3) is 0 Å². The average Bonchev–Trinajstić information content (AvgIpc) is 3.13. The van der Waals surface area contributed by atoms with Crippen molar-refractivity contribution in [3.05, 3.63) is 76.8 Å². The van der Waals surface area contributed by atoms with E-state index >= 15 is 0 Å². The number of hydrogen-bond acceptors (Lipinski definition) is 5. The van der Waals surface area contributed by atoms with Gasteiger partial charge in [0.2, 0.25) is 0 Å². The van der Waals surface area contributed by atoms with Crippen molar-refractivity contribution in [3.8, 4) is 29.3 Å². The van der Waals surface area contributed by atoms with E-state index in [-0.39, 0.29) is 11.1 Å². The molecule has 0 aliphatic carbocycles. The Morgan fingerprint density at radius 3 is 2.37 bits per heavy atom. The third kappa shape index (κ3) is 3.06. The number of benzene rings is 3. The summed E-state index contributed by atoms with van der Waals surface area (Å²) in [7, 11) is 0. The van der Waals surface area contributed by atoms with Gasteiger partial charge in [-0.2, -0.15) is 10.5 Å². The topological polar surface area (TPSA) is 87.5 Å². The van der Waals surface area contributed by atoms with E-state index in [4.69, 9.17) is 16.3 Å². The fraction of sp³-hybridized carbons (Fsp3) is 0. The summed E-state index contributed by atoms with van der Waals surface area (Å²) in [5.41, 5.74) is 2.42. The quantitative estimate of drug-likeness (QED) is 0.524. The molecular formula is C20H10ClN5O. The fourth-order valence-corrected chi connectivity index (χ4v) is 2.80. The highest BCUT2D eigenvalue weighted by Crippen LogP contribution is 2.32.